The standard InChI is InChI=1S/C14H26N4O3/c1-10(19)16-8-11-6-5-7-18(9-11)12(20)14(2,3)17-13(21)15-4/h11H,5-9H2,1-4H3,(H,16,19)(H2,15,17,21). The fourth-order valence-electron chi connectivity index (χ4n) is 2.50. The van der Waals surface area contributed by atoms with E-state index in [0.717, 1.165) is 12.8 Å². The molecule has 0 spiro atoms. The van der Waals surface area contributed by atoms with Crippen LogP contribution in [0.5, 0.6) is 0 Å². The number of rotatable bonds is 4. The van der Waals surface area contributed by atoms with Crippen LogP contribution in [0, 0.1) is 5.92 Å². The molecule has 1 aliphatic heterocycles. The Kier molecular flexibility index (Phi) is 5.99. The second-order valence-corrected chi connectivity index (χ2v) is 6.03. The van der Waals surface area contributed by atoms with Crippen molar-refractivity contribution in [3.8, 4) is 0 Å². The lowest BCUT2D eigenvalue weighted by Crippen LogP contribution is -2.59. The van der Waals surface area contributed by atoms with Crippen LogP contribution in [0.3, 0.4) is 0 Å². The van der Waals surface area contributed by atoms with Crippen LogP contribution in [0.2, 0.25) is 0 Å². The monoisotopic (exact) mass is 298 g/mol. The molecule has 1 aliphatic rings. The summed E-state index contributed by atoms with van der Waals surface area (Å²) in [4.78, 5) is 36.7. The summed E-state index contributed by atoms with van der Waals surface area (Å²) in [5, 5.41) is 7.91. The van der Waals surface area contributed by atoms with Crippen LogP contribution in [-0.2, 0) is 9.59 Å². The average molecular weight is 298 g/mol. The van der Waals surface area contributed by atoms with Crippen LogP contribution in [-0.4, -0.2) is 55.0 Å². The topological polar surface area (TPSA) is 90.5 Å². The third kappa shape index (κ3) is 5.24. The third-order valence-electron chi connectivity index (χ3n) is 3.63. The maximum Gasteiger partial charge on any atom is 0.315 e. The summed E-state index contributed by atoms with van der Waals surface area (Å²) in [7, 11) is 1.51. The number of hydrogen-bond acceptors (Lipinski definition) is 3. The summed E-state index contributed by atoms with van der Waals surface area (Å²) in [6.45, 7) is 6.76. The Labute approximate surface area is 125 Å². The molecule has 0 aliphatic carbocycles. The second-order valence-electron chi connectivity index (χ2n) is 6.03. The molecule has 120 valence electrons. The minimum Gasteiger partial charge on any atom is -0.356 e. The molecular weight excluding hydrogens is 272 g/mol. The van der Waals surface area contributed by atoms with Crippen molar-refractivity contribution in [3.63, 3.8) is 0 Å². The van der Waals surface area contributed by atoms with E-state index in [2.05, 4.69) is 16.0 Å². The molecule has 0 radical (unpaired) electrons. The first-order valence-corrected chi connectivity index (χ1v) is 7.30. The fraction of sp³-hybridized carbons (Fsp3) is 0.786. The van der Waals surface area contributed by atoms with Crippen LogP contribution in [0.4, 0.5) is 4.79 Å². The molecule has 21 heavy (non-hydrogen) atoms. The molecule has 0 saturated carbocycles. The van der Waals surface area contributed by atoms with E-state index in [1.54, 1.807) is 18.7 Å². The average Bonchev–Trinajstić information content (AvgIpc) is 2.44. The van der Waals surface area contributed by atoms with E-state index >= 15 is 0 Å². The maximum absolute atomic E-state index is 12.6. The fourth-order valence-corrected chi connectivity index (χ4v) is 2.50. The number of hydrogen-bond donors (Lipinski definition) is 3. The molecule has 1 atom stereocenters. The molecule has 3 N–H and O–H groups in total. The van der Waals surface area contributed by atoms with E-state index in [1.165, 1.54) is 14.0 Å². The van der Waals surface area contributed by atoms with Gasteiger partial charge in [-0.05, 0) is 32.6 Å². The van der Waals surface area contributed by atoms with Crippen LogP contribution >= 0.6 is 0 Å². The van der Waals surface area contributed by atoms with E-state index in [9.17, 15) is 14.4 Å². The minimum absolute atomic E-state index is 0.0555. The normalized spacial score (nSPS) is 18.9. The summed E-state index contributed by atoms with van der Waals surface area (Å²) in [6.07, 6.45) is 1.90. The van der Waals surface area contributed by atoms with Gasteiger partial charge in [-0.25, -0.2) is 4.79 Å². The van der Waals surface area contributed by atoms with Gasteiger partial charge >= 0.3 is 6.03 Å². The first-order valence-electron chi connectivity index (χ1n) is 7.30. The number of nitrogens with zero attached hydrogens (tertiary/aromatic N) is 1. The Hall–Kier alpha value is -1.79. The highest BCUT2D eigenvalue weighted by atomic mass is 16.2. The van der Waals surface area contributed by atoms with E-state index in [1.807, 2.05) is 0 Å². The smallest absolute Gasteiger partial charge is 0.315 e. The lowest BCUT2D eigenvalue weighted by atomic mass is 9.95. The molecular formula is C14H26N4O3. The van der Waals surface area contributed by atoms with Crippen molar-refractivity contribution in [1.29, 1.82) is 0 Å². The molecule has 7 nitrogen and oxygen atoms in total. The van der Waals surface area contributed by atoms with Gasteiger partial charge < -0.3 is 20.9 Å². The molecule has 1 saturated heterocycles. The molecule has 1 unspecified atom stereocenters. The van der Waals surface area contributed by atoms with Gasteiger partial charge in [-0.1, -0.05) is 0 Å². The zero-order valence-electron chi connectivity index (χ0n) is 13.3. The first-order chi connectivity index (χ1) is 9.76. The van der Waals surface area contributed by atoms with Gasteiger partial charge in [0.05, 0.1) is 0 Å². The predicted octanol–water partition coefficient (Wildman–Crippen LogP) is 0.0687. The Morgan fingerprint density at radius 1 is 1.29 bits per heavy atom. The van der Waals surface area contributed by atoms with E-state index in [4.69, 9.17) is 0 Å². The molecule has 0 aromatic rings. The summed E-state index contributed by atoms with van der Waals surface area (Å²) >= 11 is 0. The lowest BCUT2D eigenvalue weighted by molar-refractivity contribution is -0.138. The van der Waals surface area contributed by atoms with Crippen molar-refractivity contribution in [1.82, 2.24) is 20.9 Å². The number of piperidine rings is 1. The Morgan fingerprint density at radius 3 is 2.52 bits per heavy atom. The minimum atomic E-state index is -0.948. The summed E-state index contributed by atoms with van der Waals surface area (Å²) < 4.78 is 0. The quantitative estimate of drug-likeness (QED) is 0.686. The van der Waals surface area contributed by atoms with Gasteiger partial charge in [-0.3, -0.25) is 9.59 Å². The molecule has 0 bridgehead atoms. The predicted molar refractivity (Wildman–Crippen MR) is 79.7 cm³/mol. The van der Waals surface area contributed by atoms with Gasteiger partial charge in [0.1, 0.15) is 5.54 Å². The largest absolute Gasteiger partial charge is 0.356 e. The van der Waals surface area contributed by atoms with Gasteiger partial charge in [0, 0.05) is 33.6 Å². The number of urea groups is 1. The maximum atomic E-state index is 12.6. The van der Waals surface area contributed by atoms with Gasteiger partial charge in [-0.2, -0.15) is 0 Å². The zero-order valence-corrected chi connectivity index (χ0v) is 13.3. The number of likely N-dealkylation sites (tertiary alicyclic amines) is 1. The lowest BCUT2D eigenvalue weighted by Gasteiger charge is -2.37. The van der Waals surface area contributed by atoms with Crippen molar-refractivity contribution in [2.45, 2.75) is 39.2 Å². The Balaban J connectivity index is 2.60. The van der Waals surface area contributed by atoms with Crippen molar-refractivity contribution in [3.05, 3.63) is 0 Å². The summed E-state index contributed by atoms with van der Waals surface area (Å²) in [6, 6.07) is -0.375. The van der Waals surface area contributed by atoms with E-state index in [-0.39, 0.29) is 23.8 Å². The zero-order chi connectivity index (χ0) is 16.0. The molecule has 1 heterocycles. The van der Waals surface area contributed by atoms with Gasteiger partial charge in [0.15, 0.2) is 0 Å². The van der Waals surface area contributed by atoms with Crippen LogP contribution in [0.15, 0.2) is 0 Å². The van der Waals surface area contributed by atoms with Crippen molar-refractivity contribution >= 4 is 17.8 Å². The number of carbonyl (C=O) groups is 3. The van der Waals surface area contributed by atoms with Crippen molar-refractivity contribution in [2.24, 2.45) is 5.92 Å². The summed E-state index contributed by atoms with van der Waals surface area (Å²) in [5.74, 6) is 0.112. The first kappa shape index (κ1) is 17.3. The number of nitrogens with one attached hydrogen (secondary N) is 3. The molecule has 7 heteroatoms. The van der Waals surface area contributed by atoms with Gasteiger partial charge in [0.25, 0.3) is 0 Å². The molecule has 4 amide bonds. The summed E-state index contributed by atoms with van der Waals surface area (Å²) in [5.41, 5.74) is -0.948. The van der Waals surface area contributed by atoms with Crippen LogP contribution in [0.25, 0.3) is 0 Å². The SMILES string of the molecule is CNC(=O)NC(C)(C)C(=O)N1CCCC(CNC(C)=O)C1. The second kappa shape index (κ2) is 7.28. The van der Waals surface area contributed by atoms with Crippen LogP contribution in [0.1, 0.15) is 33.6 Å². The van der Waals surface area contributed by atoms with Gasteiger partial charge in [-0.15, -0.1) is 0 Å². The van der Waals surface area contributed by atoms with Gasteiger partial charge in [0.2, 0.25) is 11.8 Å². The number of carbonyl (C=O) groups excluding carboxylic acids is 3. The number of amides is 4. The molecule has 0 aromatic heterocycles. The van der Waals surface area contributed by atoms with Crippen molar-refractivity contribution < 1.29 is 14.4 Å². The Morgan fingerprint density at radius 2 is 1.95 bits per heavy atom. The van der Waals surface area contributed by atoms with E-state index < -0.39 is 5.54 Å². The molecule has 0 aromatic carbocycles. The highest BCUT2D eigenvalue weighted by molar-refractivity contribution is 5.90. The van der Waals surface area contributed by atoms with Crippen molar-refractivity contribution in [2.75, 3.05) is 26.7 Å². The Bertz CT molecular complexity index is 409. The molecule has 1 fully saturated rings. The highest BCUT2D eigenvalue weighted by Crippen LogP contribution is 2.19. The third-order valence-corrected chi connectivity index (χ3v) is 3.63. The highest BCUT2D eigenvalue weighted by Gasteiger charge is 2.35. The molecule has 1 rings (SSSR count). The van der Waals surface area contributed by atoms with E-state index in [0.29, 0.717) is 19.6 Å². The van der Waals surface area contributed by atoms with Crippen LogP contribution < -0.4 is 16.0 Å².